The van der Waals surface area contributed by atoms with Crippen LogP contribution >= 0.6 is 0 Å². The van der Waals surface area contributed by atoms with E-state index >= 15 is 0 Å². The lowest BCUT2D eigenvalue weighted by Gasteiger charge is -2.31. The molecule has 2 aliphatic heterocycles. The molecule has 9 nitrogen and oxygen atoms in total. The summed E-state index contributed by atoms with van der Waals surface area (Å²) in [6, 6.07) is 6.22. The zero-order valence-electron chi connectivity index (χ0n) is 16.7. The average Bonchev–Trinajstić information content (AvgIpc) is 2.68. The molecule has 2 fully saturated rings. The number of rotatable bonds is 5. The third kappa shape index (κ3) is 5.34. The molecule has 11 heteroatoms. The maximum Gasteiger partial charge on any atom is 0.243 e. The lowest BCUT2D eigenvalue weighted by Crippen LogP contribution is -2.47. The molecule has 0 saturated carbocycles. The summed E-state index contributed by atoms with van der Waals surface area (Å²) in [7, 11) is -5.02. The number of anilines is 1. The van der Waals surface area contributed by atoms with Crippen LogP contribution in [0.2, 0.25) is 0 Å². The van der Waals surface area contributed by atoms with Crippen LogP contribution in [0.5, 0.6) is 0 Å². The molecule has 0 spiro atoms. The fourth-order valence-corrected chi connectivity index (χ4v) is 5.99. The van der Waals surface area contributed by atoms with Crippen LogP contribution in [0, 0.1) is 5.92 Å². The van der Waals surface area contributed by atoms with Gasteiger partial charge < -0.3 is 10.2 Å². The first-order valence-electron chi connectivity index (χ1n) is 9.62. The van der Waals surface area contributed by atoms with Crippen molar-refractivity contribution in [2.24, 2.45) is 5.92 Å². The van der Waals surface area contributed by atoms with Crippen LogP contribution in [-0.4, -0.2) is 88.8 Å². The Bertz CT molecular complexity index is 956. The molecule has 2 saturated heterocycles. The molecule has 1 aromatic carbocycles. The normalized spacial score (nSPS) is 23.0. The number of hydrogen-bond acceptors (Lipinski definition) is 6. The van der Waals surface area contributed by atoms with Crippen molar-refractivity contribution in [2.45, 2.75) is 17.7 Å². The van der Waals surface area contributed by atoms with Crippen molar-refractivity contribution >= 4 is 31.6 Å². The molecule has 1 aromatic rings. The van der Waals surface area contributed by atoms with Crippen LogP contribution in [0.1, 0.15) is 12.8 Å². The van der Waals surface area contributed by atoms with Gasteiger partial charge in [0.15, 0.2) is 0 Å². The van der Waals surface area contributed by atoms with Gasteiger partial charge in [-0.15, -0.1) is 0 Å². The van der Waals surface area contributed by atoms with Gasteiger partial charge in [-0.2, -0.15) is 4.31 Å². The van der Waals surface area contributed by atoms with Gasteiger partial charge in [0.05, 0.1) is 17.1 Å². The van der Waals surface area contributed by atoms with Gasteiger partial charge in [0.1, 0.15) is 0 Å². The second-order valence-electron chi connectivity index (χ2n) is 7.68. The molecule has 1 amide bonds. The molecule has 1 atom stereocenters. The summed E-state index contributed by atoms with van der Waals surface area (Å²) < 4.78 is 52.1. The lowest BCUT2D eigenvalue weighted by atomic mass is 9.99. The second kappa shape index (κ2) is 8.68. The Morgan fingerprint density at radius 3 is 2.38 bits per heavy atom. The first-order chi connectivity index (χ1) is 13.6. The highest BCUT2D eigenvalue weighted by Crippen LogP contribution is 2.23. The van der Waals surface area contributed by atoms with E-state index in [0.29, 0.717) is 51.3 Å². The van der Waals surface area contributed by atoms with Gasteiger partial charge in [-0.05, 0) is 38.1 Å². The van der Waals surface area contributed by atoms with Crippen molar-refractivity contribution in [3.8, 4) is 0 Å². The minimum absolute atomic E-state index is 0.140. The molecule has 1 unspecified atom stereocenters. The van der Waals surface area contributed by atoms with E-state index in [1.807, 2.05) is 7.05 Å². The predicted molar refractivity (Wildman–Crippen MR) is 110 cm³/mol. The van der Waals surface area contributed by atoms with Crippen LogP contribution in [0.4, 0.5) is 5.69 Å². The quantitative estimate of drug-likeness (QED) is 0.697. The first kappa shape index (κ1) is 22.2. The van der Waals surface area contributed by atoms with Crippen molar-refractivity contribution in [1.29, 1.82) is 0 Å². The van der Waals surface area contributed by atoms with Crippen LogP contribution in [0.15, 0.2) is 29.2 Å². The van der Waals surface area contributed by atoms with E-state index in [1.54, 1.807) is 12.1 Å². The summed E-state index contributed by atoms with van der Waals surface area (Å²) in [6.07, 6.45) is 2.35. The fourth-order valence-electron chi connectivity index (χ4n) is 3.61. The van der Waals surface area contributed by atoms with Crippen molar-refractivity contribution in [3.05, 3.63) is 24.3 Å². The smallest absolute Gasteiger partial charge is 0.243 e. The topological polar surface area (TPSA) is 107 Å². The average molecular weight is 445 g/mol. The number of benzene rings is 1. The molecule has 0 aromatic heterocycles. The number of amides is 1. The van der Waals surface area contributed by atoms with Gasteiger partial charge in [0.2, 0.25) is 26.0 Å². The summed E-state index contributed by atoms with van der Waals surface area (Å²) in [6.45, 7) is 2.77. The van der Waals surface area contributed by atoms with Gasteiger partial charge in [-0.25, -0.2) is 21.1 Å². The third-order valence-electron chi connectivity index (χ3n) is 5.43. The second-order valence-corrected chi connectivity index (χ2v) is 11.6. The zero-order chi connectivity index (χ0) is 21.2. The Kier molecular flexibility index (Phi) is 6.64. The van der Waals surface area contributed by atoms with Crippen molar-refractivity contribution < 1.29 is 21.6 Å². The number of carbonyl (C=O) groups excluding carboxylic acids is 1. The molecule has 29 heavy (non-hydrogen) atoms. The van der Waals surface area contributed by atoms with E-state index in [-0.39, 0.29) is 17.3 Å². The van der Waals surface area contributed by atoms with E-state index in [0.717, 1.165) is 6.26 Å². The summed E-state index contributed by atoms with van der Waals surface area (Å²) in [4.78, 5) is 14.9. The van der Waals surface area contributed by atoms with Crippen LogP contribution in [0.25, 0.3) is 0 Å². The molecule has 162 valence electrons. The van der Waals surface area contributed by atoms with Crippen LogP contribution in [-0.2, 0) is 24.8 Å². The molecule has 3 rings (SSSR count). The number of piperidine rings is 1. The van der Waals surface area contributed by atoms with Gasteiger partial charge in [-0.1, -0.05) is 6.07 Å². The maximum atomic E-state index is 12.9. The van der Waals surface area contributed by atoms with E-state index < -0.39 is 26.0 Å². The van der Waals surface area contributed by atoms with Crippen molar-refractivity contribution in [1.82, 2.24) is 13.5 Å². The molecule has 2 heterocycles. The van der Waals surface area contributed by atoms with E-state index in [2.05, 4.69) is 10.2 Å². The molecule has 0 radical (unpaired) electrons. The van der Waals surface area contributed by atoms with E-state index in [9.17, 15) is 21.6 Å². The lowest BCUT2D eigenvalue weighted by molar-refractivity contribution is -0.120. The maximum absolute atomic E-state index is 12.9. The summed E-state index contributed by atoms with van der Waals surface area (Å²) in [5.74, 6) is -0.760. The molecule has 0 bridgehead atoms. The first-order valence-corrected chi connectivity index (χ1v) is 12.9. The Hall–Kier alpha value is -1.53. The number of hydrogen-bond donors (Lipinski definition) is 1. The Balaban J connectivity index is 1.70. The number of sulfonamides is 2. The van der Waals surface area contributed by atoms with Crippen LogP contribution < -0.4 is 5.32 Å². The van der Waals surface area contributed by atoms with Crippen LogP contribution in [0.3, 0.4) is 0 Å². The highest BCUT2D eigenvalue weighted by Gasteiger charge is 2.31. The fraction of sp³-hybridized carbons (Fsp3) is 0.611. The summed E-state index contributed by atoms with van der Waals surface area (Å²) in [5.41, 5.74) is 0.390. The Morgan fingerprint density at radius 1 is 1.03 bits per heavy atom. The standard InChI is InChI=1S/C18H28N4O5S2/c1-20-9-11-21(12-10-20)29(26,27)17-7-3-6-16(13-17)19-18(23)15-5-4-8-22(14-15)28(2,24)25/h3,6-7,13,15H,4-5,8-12,14H2,1-2H3,(H,19,23). The largest absolute Gasteiger partial charge is 0.326 e. The SMILES string of the molecule is CN1CCN(S(=O)(=O)c2cccc(NC(=O)C3CCCN(S(C)(=O)=O)C3)c2)CC1. The van der Waals surface area contributed by atoms with Gasteiger partial charge in [0.25, 0.3) is 0 Å². The molecule has 2 aliphatic rings. The number of nitrogens with one attached hydrogen (secondary N) is 1. The highest BCUT2D eigenvalue weighted by molar-refractivity contribution is 7.89. The Morgan fingerprint density at radius 2 is 1.72 bits per heavy atom. The number of carbonyl (C=O) groups is 1. The molecule has 0 aliphatic carbocycles. The van der Waals surface area contributed by atoms with Gasteiger partial charge >= 0.3 is 0 Å². The number of likely N-dealkylation sites (N-methyl/N-ethyl adjacent to an activating group) is 1. The summed E-state index contributed by atoms with van der Waals surface area (Å²) >= 11 is 0. The molecular weight excluding hydrogens is 416 g/mol. The van der Waals surface area contributed by atoms with Gasteiger partial charge in [-0.3, -0.25) is 4.79 Å². The van der Waals surface area contributed by atoms with E-state index in [1.165, 1.54) is 20.7 Å². The molecular formula is C18H28N4O5S2. The number of nitrogens with zero attached hydrogens (tertiary/aromatic N) is 3. The molecule has 1 N–H and O–H groups in total. The predicted octanol–water partition coefficient (Wildman–Crippen LogP) is 0.233. The highest BCUT2D eigenvalue weighted by atomic mass is 32.2. The zero-order valence-corrected chi connectivity index (χ0v) is 18.4. The van der Waals surface area contributed by atoms with Crippen molar-refractivity contribution in [2.75, 3.05) is 57.9 Å². The van der Waals surface area contributed by atoms with Gasteiger partial charge in [0, 0.05) is 45.0 Å². The number of piperazine rings is 1. The third-order valence-corrected chi connectivity index (χ3v) is 8.59. The van der Waals surface area contributed by atoms with E-state index in [4.69, 9.17) is 0 Å². The minimum atomic E-state index is -3.63. The monoisotopic (exact) mass is 444 g/mol. The Labute approximate surface area is 172 Å². The summed E-state index contributed by atoms with van der Waals surface area (Å²) in [5, 5.41) is 2.75. The minimum Gasteiger partial charge on any atom is -0.326 e. The van der Waals surface area contributed by atoms with Crippen molar-refractivity contribution in [3.63, 3.8) is 0 Å².